The number of primary amides is 1. The van der Waals surface area contributed by atoms with Crippen molar-refractivity contribution in [2.45, 2.75) is 44.6 Å². The first-order valence-electron chi connectivity index (χ1n) is 12.8. The Hall–Kier alpha value is -4.64. The minimum Gasteiger partial charge on any atom is -0.508 e. The van der Waals surface area contributed by atoms with Crippen molar-refractivity contribution in [2.24, 2.45) is 17.6 Å². The lowest BCUT2D eigenvalue weighted by molar-refractivity contribution is -0.147. The number of aromatic hydroxyl groups is 1. The number of aliphatic hydroxyl groups is 3. The molecule has 1 saturated carbocycles. The SMILES string of the molecule is CC(C)c1cc(NC(=O)Nc2ccccc2)c(O)c2c1C[C@H]1C[C@H]3CC(=O)C(C(N)=O)=C(O)[C@@]3(O)C(=O)C1=C2O. The Morgan fingerprint density at radius 2 is 1.73 bits per heavy atom. The van der Waals surface area contributed by atoms with Crippen LogP contribution >= 0.6 is 0 Å². The number of phenols is 1. The standard InChI is InChI=1S/C29H29N3O8/c1-12(2)16-11-18(32-28(39)31-15-6-4-3-5-7-15)23(34)21-17(16)9-13-8-14-10-19(33)22(27(30)38)26(37)29(14,40)25(36)20(13)24(21)35/h3-7,11-14,34-35,37,40H,8-10H2,1-2H3,(H2,30,38)(H2,31,32,39)/t13-,14+,29+/m1/s1. The summed E-state index contributed by atoms with van der Waals surface area (Å²) in [6.07, 6.45) is -0.156. The van der Waals surface area contributed by atoms with Gasteiger partial charge in [0, 0.05) is 23.6 Å². The molecule has 3 aliphatic rings. The van der Waals surface area contributed by atoms with Gasteiger partial charge >= 0.3 is 6.03 Å². The predicted molar refractivity (Wildman–Crippen MR) is 145 cm³/mol. The van der Waals surface area contributed by atoms with Gasteiger partial charge in [0.2, 0.25) is 5.78 Å². The fraction of sp³-hybridized carbons (Fsp3) is 0.310. The molecule has 0 unspecified atom stereocenters. The monoisotopic (exact) mass is 547 g/mol. The van der Waals surface area contributed by atoms with Crippen LogP contribution in [0.1, 0.15) is 49.3 Å². The van der Waals surface area contributed by atoms with Crippen LogP contribution in [0.3, 0.4) is 0 Å². The van der Waals surface area contributed by atoms with Crippen molar-refractivity contribution in [3.63, 3.8) is 0 Å². The number of nitrogens with one attached hydrogen (secondary N) is 2. The second kappa shape index (κ2) is 9.53. The van der Waals surface area contributed by atoms with Crippen LogP contribution in [0.5, 0.6) is 5.75 Å². The number of amides is 3. The zero-order valence-electron chi connectivity index (χ0n) is 21.8. The number of para-hydroxylation sites is 1. The largest absolute Gasteiger partial charge is 0.508 e. The van der Waals surface area contributed by atoms with Crippen LogP contribution in [0.25, 0.3) is 5.76 Å². The van der Waals surface area contributed by atoms with Crippen molar-refractivity contribution < 1.29 is 39.6 Å². The summed E-state index contributed by atoms with van der Waals surface area (Å²) < 4.78 is 0. The summed E-state index contributed by atoms with van der Waals surface area (Å²) in [5.74, 6) is -7.15. The Kier molecular flexibility index (Phi) is 6.42. The van der Waals surface area contributed by atoms with Crippen molar-refractivity contribution in [3.8, 4) is 5.75 Å². The molecular formula is C29H29N3O8. The summed E-state index contributed by atoms with van der Waals surface area (Å²) in [5, 5.41) is 50.0. The Balaban J connectivity index is 1.61. The predicted octanol–water partition coefficient (Wildman–Crippen LogP) is 3.19. The van der Waals surface area contributed by atoms with Crippen LogP contribution in [0, 0.1) is 11.8 Å². The van der Waals surface area contributed by atoms with E-state index >= 15 is 0 Å². The van der Waals surface area contributed by atoms with E-state index < -0.39 is 63.8 Å². The summed E-state index contributed by atoms with van der Waals surface area (Å²) in [6.45, 7) is 3.80. The summed E-state index contributed by atoms with van der Waals surface area (Å²) in [5.41, 5.74) is 3.20. The fourth-order valence-corrected chi connectivity index (χ4v) is 6.13. The molecule has 0 heterocycles. The van der Waals surface area contributed by atoms with Gasteiger partial charge in [-0.05, 0) is 54.0 Å². The molecule has 0 spiro atoms. The average Bonchev–Trinajstić information content (AvgIpc) is 2.88. The zero-order valence-corrected chi connectivity index (χ0v) is 21.8. The van der Waals surface area contributed by atoms with Gasteiger partial charge in [-0.2, -0.15) is 0 Å². The highest BCUT2D eigenvalue weighted by Gasteiger charge is 2.60. The van der Waals surface area contributed by atoms with Gasteiger partial charge in [0.15, 0.2) is 11.4 Å². The third-order valence-electron chi connectivity index (χ3n) is 8.00. The van der Waals surface area contributed by atoms with Gasteiger partial charge in [-0.1, -0.05) is 32.0 Å². The molecule has 2 aromatic carbocycles. The third kappa shape index (κ3) is 4.01. The van der Waals surface area contributed by atoms with Crippen molar-refractivity contribution in [1.82, 2.24) is 0 Å². The molecule has 5 rings (SSSR count). The van der Waals surface area contributed by atoms with E-state index in [4.69, 9.17) is 5.73 Å². The number of urea groups is 1. The molecule has 0 saturated heterocycles. The van der Waals surface area contributed by atoms with Gasteiger partial charge < -0.3 is 36.8 Å². The average molecular weight is 548 g/mol. The Morgan fingerprint density at radius 1 is 1.05 bits per heavy atom. The zero-order chi connectivity index (χ0) is 29.1. The Bertz CT molecular complexity index is 1540. The highest BCUT2D eigenvalue weighted by molar-refractivity contribution is 6.22. The Labute approximate surface area is 229 Å². The van der Waals surface area contributed by atoms with Crippen molar-refractivity contribution in [3.05, 3.63) is 70.0 Å². The van der Waals surface area contributed by atoms with E-state index in [1.165, 1.54) is 0 Å². The summed E-state index contributed by atoms with van der Waals surface area (Å²) >= 11 is 0. The summed E-state index contributed by atoms with van der Waals surface area (Å²) in [4.78, 5) is 50.8. The van der Waals surface area contributed by atoms with Crippen molar-refractivity contribution in [2.75, 3.05) is 10.6 Å². The van der Waals surface area contributed by atoms with Crippen molar-refractivity contribution >= 4 is 40.6 Å². The van der Waals surface area contributed by atoms with Crippen LogP contribution in [0.15, 0.2) is 53.3 Å². The molecular weight excluding hydrogens is 518 g/mol. The smallest absolute Gasteiger partial charge is 0.323 e. The number of carbonyl (C=O) groups is 4. The maximum atomic E-state index is 13.7. The van der Waals surface area contributed by atoms with Crippen LogP contribution in [0.4, 0.5) is 16.2 Å². The van der Waals surface area contributed by atoms with E-state index in [0.29, 0.717) is 16.8 Å². The molecule has 1 fully saturated rings. The number of carbonyl (C=O) groups excluding carboxylic acids is 4. The molecule has 0 aliphatic heterocycles. The van der Waals surface area contributed by atoms with E-state index in [1.807, 2.05) is 13.8 Å². The summed E-state index contributed by atoms with van der Waals surface area (Å²) in [6, 6.07) is 9.60. The molecule has 3 aliphatic carbocycles. The Morgan fingerprint density at radius 3 is 2.35 bits per heavy atom. The van der Waals surface area contributed by atoms with E-state index in [-0.39, 0.29) is 42.0 Å². The van der Waals surface area contributed by atoms with Gasteiger partial charge in [-0.15, -0.1) is 0 Å². The number of ketones is 2. The first-order valence-corrected chi connectivity index (χ1v) is 12.8. The number of anilines is 2. The first kappa shape index (κ1) is 26.9. The molecule has 8 N–H and O–H groups in total. The highest BCUT2D eigenvalue weighted by atomic mass is 16.3. The number of nitrogens with two attached hydrogens (primary N) is 1. The van der Waals surface area contributed by atoms with Crippen LogP contribution in [-0.2, 0) is 20.8 Å². The number of hydrogen-bond donors (Lipinski definition) is 7. The number of fused-ring (bicyclic) bond motifs is 3. The molecule has 0 aromatic heterocycles. The second-order valence-corrected chi connectivity index (χ2v) is 10.7. The van der Waals surface area contributed by atoms with E-state index in [1.54, 1.807) is 36.4 Å². The minimum absolute atomic E-state index is 0.0108. The lowest BCUT2D eigenvalue weighted by Crippen LogP contribution is -2.58. The van der Waals surface area contributed by atoms with Crippen molar-refractivity contribution in [1.29, 1.82) is 0 Å². The van der Waals surface area contributed by atoms with E-state index in [9.17, 15) is 39.6 Å². The maximum absolute atomic E-state index is 13.7. The molecule has 40 heavy (non-hydrogen) atoms. The highest BCUT2D eigenvalue weighted by Crippen LogP contribution is 2.53. The second-order valence-electron chi connectivity index (χ2n) is 10.7. The van der Waals surface area contributed by atoms with E-state index in [0.717, 1.165) is 0 Å². The molecule has 0 radical (unpaired) electrons. The number of rotatable bonds is 4. The maximum Gasteiger partial charge on any atom is 0.323 e. The van der Waals surface area contributed by atoms with Crippen LogP contribution in [-0.4, -0.2) is 49.5 Å². The molecule has 3 amide bonds. The normalized spacial score (nSPS) is 23.9. The van der Waals surface area contributed by atoms with Gasteiger partial charge in [-0.3, -0.25) is 14.4 Å². The van der Waals surface area contributed by atoms with Gasteiger partial charge in [0.25, 0.3) is 5.91 Å². The lowest BCUT2D eigenvalue weighted by atomic mass is 9.59. The molecule has 11 nitrogen and oxygen atoms in total. The number of aliphatic hydroxyl groups excluding tert-OH is 2. The first-order chi connectivity index (χ1) is 18.9. The quantitative estimate of drug-likeness (QED) is 0.223. The number of phenolic OH excluding ortho intramolecular Hbond substituents is 1. The molecule has 11 heteroatoms. The van der Waals surface area contributed by atoms with Crippen LogP contribution < -0.4 is 16.4 Å². The van der Waals surface area contributed by atoms with Gasteiger partial charge in [0.05, 0.1) is 11.3 Å². The number of hydrogen-bond acceptors (Lipinski definition) is 8. The molecule has 208 valence electrons. The third-order valence-corrected chi connectivity index (χ3v) is 8.00. The van der Waals surface area contributed by atoms with Crippen LogP contribution in [0.2, 0.25) is 0 Å². The van der Waals surface area contributed by atoms with E-state index in [2.05, 4.69) is 10.6 Å². The molecule has 0 bridgehead atoms. The van der Waals surface area contributed by atoms with Gasteiger partial charge in [0.1, 0.15) is 22.8 Å². The number of Topliss-reactive ketones (excluding diaryl/α,β-unsaturated/α-hetero) is 2. The molecule has 3 atom stereocenters. The number of benzene rings is 2. The fourth-order valence-electron chi connectivity index (χ4n) is 6.13. The topological polar surface area (TPSA) is 199 Å². The molecule has 2 aromatic rings. The summed E-state index contributed by atoms with van der Waals surface area (Å²) in [7, 11) is 0. The minimum atomic E-state index is -2.64. The van der Waals surface area contributed by atoms with Gasteiger partial charge in [-0.25, -0.2) is 4.79 Å². The lowest BCUT2D eigenvalue weighted by Gasteiger charge is -2.46.